The first-order valence-corrected chi connectivity index (χ1v) is 9.25. The number of rotatable bonds is 5. The van der Waals surface area contributed by atoms with Gasteiger partial charge >= 0.3 is 0 Å². The Morgan fingerprint density at radius 2 is 1.72 bits per heavy atom. The molecule has 0 saturated carbocycles. The van der Waals surface area contributed by atoms with E-state index in [1.807, 2.05) is 60.0 Å². The van der Waals surface area contributed by atoms with Crippen LogP contribution in [-0.2, 0) is 0 Å². The topological polar surface area (TPSA) is 111 Å². The minimum atomic E-state index is -0.444. The quantitative estimate of drug-likeness (QED) is 0.209. The molecule has 6 heteroatoms. The molecule has 144 valence electrons. The van der Waals surface area contributed by atoms with E-state index in [9.17, 15) is 4.79 Å². The van der Waals surface area contributed by atoms with E-state index in [4.69, 9.17) is 16.9 Å². The number of nitrogens with two attached hydrogens (primary N) is 2. The van der Waals surface area contributed by atoms with Crippen LogP contribution in [0, 0.1) is 5.41 Å². The van der Waals surface area contributed by atoms with Gasteiger partial charge in [0.1, 0.15) is 5.84 Å². The number of ketones is 1. The summed E-state index contributed by atoms with van der Waals surface area (Å²) in [4.78, 5) is 17.4. The second kappa shape index (κ2) is 7.24. The van der Waals surface area contributed by atoms with Gasteiger partial charge in [0.2, 0.25) is 0 Å². The van der Waals surface area contributed by atoms with Crippen LogP contribution in [0.25, 0.3) is 22.2 Å². The maximum atomic E-state index is 13.1. The summed E-state index contributed by atoms with van der Waals surface area (Å²) >= 11 is 0. The second-order valence-corrected chi connectivity index (χ2v) is 7.01. The number of hydrogen-bond donors (Lipinski definition) is 3. The third-order valence-electron chi connectivity index (χ3n) is 5.07. The molecular weight excluding hydrogens is 362 g/mol. The molecule has 0 fully saturated rings. The van der Waals surface area contributed by atoms with Crippen molar-refractivity contribution in [2.45, 2.75) is 13.0 Å². The van der Waals surface area contributed by atoms with E-state index in [0.29, 0.717) is 16.8 Å². The van der Waals surface area contributed by atoms with Crippen LogP contribution in [0.5, 0.6) is 0 Å². The average molecular weight is 383 g/mol. The van der Waals surface area contributed by atoms with E-state index in [1.165, 1.54) is 0 Å². The van der Waals surface area contributed by atoms with Gasteiger partial charge in [-0.25, -0.2) is 4.98 Å². The number of Topliss-reactive ketones (excluding diaryl/α,β-unsaturated/α-hetero) is 1. The average Bonchev–Trinajstić information content (AvgIpc) is 3.16. The number of imidazole rings is 1. The molecule has 0 amide bonds. The molecule has 0 aliphatic heterocycles. The first-order chi connectivity index (χ1) is 13.9. The van der Waals surface area contributed by atoms with Gasteiger partial charge in [0.15, 0.2) is 5.78 Å². The monoisotopic (exact) mass is 383 g/mol. The number of carbonyl (C=O) groups excluding carboxylic acids is 1. The lowest BCUT2D eigenvalue weighted by atomic mass is 10.00. The van der Waals surface area contributed by atoms with Gasteiger partial charge in [-0.05, 0) is 48.4 Å². The van der Waals surface area contributed by atoms with Crippen LogP contribution in [0.2, 0.25) is 0 Å². The molecule has 5 N–H and O–H groups in total. The molecule has 29 heavy (non-hydrogen) atoms. The largest absolute Gasteiger partial charge is 0.399 e. The van der Waals surface area contributed by atoms with E-state index >= 15 is 0 Å². The van der Waals surface area contributed by atoms with Crippen molar-refractivity contribution >= 4 is 28.3 Å². The molecule has 0 saturated heterocycles. The van der Waals surface area contributed by atoms with Crippen molar-refractivity contribution in [2.24, 2.45) is 5.73 Å². The van der Waals surface area contributed by atoms with E-state index in [2.05, 4.69) is 4.98 Å². The third-order valence-corrected chi connectivity index (χ3v) is 5.07. The van der Waals surface area contributed by atoms with Crippen LogP contribution in [0.15, 0.2) is 73.1 Å². The molecule has 0 spiro atoms. The van der Waals surface area contributed by atoms with Gasteiger partial charge < -0.3 is 16.0 Å². The highest BCUT2D eigenvalue weighted by Gasteiger charge is 2.19. The Kier molecular flexibility index (Phi) is 4.60. The summed E-state index contributed by atoms with van der Waals surface area (Å²) in [7, 11) is 0. The number of carbonyl (C=O) groups is 1. The Morgan fingerprint density at radius 3 is 2.41 bits per heavy atom. The fraction of sp³-hybridized carbons (Fsp3) is 0.0870. The van der Waals surface area contributed by atoms with Crippen molar-refractivity contribution in [3.8, 4) is 11.1 Å². The van der Waals surface area contributed by atoms with Gasteiger partial charge in [-0.2, -0.15) is 0 Å². The molecule has 0 bridgehead atoms. The fourth-order valence-electron chi connectivity index (χ4n) is 3.41. The van der Waals surface area contributed by atoms with E-state index in [0.717, 1.165) is 22.2 Å². The van der Waals surface area contributed by atoms with Gasteiger partial charge in [-0.15, -0.1) is 0 Å². The van der Waals surface area contributed by atoms with E-state index in [1.54, 1.807) is 24.5 Å². The number of aromatic nitrogens is 2. The summed E-state index contributed by atoms with van der Waals surface area (Å²) in [5.74, 6) is -0.0348. The maximum absolute atomic E-state index is 13.1. The highest BCUT2D eigenvalue weighted by Crippen LogP contribution is 2.25. The predicted molar refractivity (Wildman–Crippen MR) is 116 cm³/mol. The standard InChI is InChI=1S/C23H21N5O/c1-14(28-13-27-20-10-9-18(23(25)26)12-21(20)28)22(29)16-7-5-15(6-8-16)17-3-2-4-19(24)11-17/h2-14H,24H2,1H3,(H3,25,26). The third kappa shape index (κ3) is 3.48. The molecule has 0 radical (unpaired) electrons. The summed E-state index contributed by atoms with van der Waals surface area (Å²) in [5, 5.41) is 7.64. The van der Waals surface area contributed by atoms with E-state index < -0.39 is 6.04 Å². The van der Waals surface area contributed by atoms with Crippen molar-refractivity contribution < 1.29 is 4.79 Å². The van der Waals surface area contributed by atoms with Crippen LogP contribution in [0.3, 0.4) is 0 Å². The van der Waals surface area contributed by atoms with Crippen molar-refractivity contribution in [3.63, 3.8) is 0 Å². The van der Waals surface area contributed by atoms with Crippen LogP contribution in [0.4, 0.5) is 5.69 Å². The number of hydrogen-bond acceptors (Lipinski definition) is 4. The fourth-order valence-corrected chi connectivity index (χ4v) is 3.41. The first kappa shape index (κ1) is 18.4. The van der Waals surface area contributed by atoms with Crippen LogP contribution in [0.1, 0.15) is 28.9 Å². The molecule has 0 aliphatic rings. The highest BCUT2D eigenvalue weighted by atomic mass is 16.1. The minimum Gasteiger partial charge on any atom is -0.399 e. The van der Waals surface area contributed by atoms with Gasteiger partial charge in [0.05, 0.1) is 23.4 Å². The van der Waals surface area contributed by atoms with Crippen molar-refractivity contribution in [2.75, 3.05) is 5.73 Å². The zero-order chi connectivity index (χ0) is 20.5. The second-order valence-electron chi connectivity index (χ2n) is 7.01. The molecule has 4 rings (SSSR count). The van der Waals surface area contributed by atoms with Crippen molar-refractivity contribution in [3.05, 3.63) is 84.2 Å². The smallest absolute Gasteiger partial charge is 0.185 e. The highest BCUT2D eigenvalue weighted by molar-refractivity contribution is 6.01. The lowest BCUT2D eigenvalue weighted by Crippen LogP contribution is -2.16. The number of nitrogens with zero attached hydrogens (tertiary/aromatic N) is 2. The zero-order valence-corrected chi connectivity index (χ0v) is 16.0. The van der Waals surface area contributed by atoms with Gasteiger partial charge in [0.25, 0.3) is 0 Å². The number of anilines is 1. The molecule has 1 aromatic heterocycles. The Bertz CT molecular complexity index is 1220. The molecule has 1 atom stereocenters. The lowest BCUT2D eigenvalue weighted by Gasteiger charge is -2.14. The van der Waals surface area contributed by atoms with Crippen LogP contribution >= 0.6 is 0 Å². The van der Waals surface area contributed by atoms with Gasteiger partial charge in [0, 0.05) is 16.8 Å². The number of nitrogens with one attached hydrogen (secondary N) is 1. The van der Waals surface area contributed by atoms with E-state index in [-0.39, 0.29) is 11.6 Å². The number of benzene rings is 3. The van der Waals surface area contributed by atoms with Crippen molar-refractivity contribution in [1.29, 1.82) is 5.41 Å². The molecule has 6 nitrogen and oxygen atoms in total. The Labute approximate surface area is 168 Å². The summed E-state index contributed by atoms with van der Waals surface area (Å²) in [6.45, 7) is 1.84. The number of nitrogen functional groups attached to an aromatic ring is 2. The normalized spacial score (nSPS) is 12.0. The summed E-state index contributed by atoms with van der Waals surface area (Å²) in [6.07, 6.45) is 1.65. The summed E-state index contributed by atoms with van der Waals surface area (Å²) in [5.41, 5.74) is 16.9. The molecule has 1 heterocycles. The molecular formula is C23H21N5O. The Hall–Kier alpha value is -3.93. The summed E-state index contributed by atoms with van der Waals surface area (Å²) < 4.78 is 1.82. The molecule has 3 aromatic carbocycles. The SMILES string of the molecule is CC(C(=O)c1ccc(-c2cccc(N)c2)cc1)n1cnc2ccc(C(=N)N)cc21. The first-order valence-electron chi connectivity index (χ1n) is 9.25. The lowest BCUT2D eigenvalue weighted by molar-refractivity contribution is 0.0937. The Balaban J connectivity index is 1.63. The van der Waals surface area contributed by atoms with Gasteiger partial charge in [-0.1, -0.05) is 36.4 Å². The number of amidine groups is 1. The van der Waals surface area contributed by atoms with Gasteiger partial charge in [-0.3, -0.25) is 10.2 Å². The molecule has 1 unspecified atom stereocenters. The molecule has 4 aromatic rings. The Morgan fingerprint density at radius 1 is 1.00 bits per heavy atom. The predicted octanol–water partition coefficient (Wildman–Crippen LogP) is 4.01. The maximum Gasteiger partial charge on any atom is 0.185 e. The number of fused-ring (bicyclic) bond motifs is 1. The van der Waals surface area contributed by atoms with Crippen LogP contribution in [-0.4, -0.2) is 21.2 Å². The minimum absolute atomic E-state index is 0.0170. The molecule has 0 aliphatic carbocycles. The summed E-state index contributed by atoms with van der Waals surface area (Å²) in [6, 6.07) is 20.1. The van der Waals surface area contributed by atoms with Crippen LogP contribution < -0.4 is 11.5 Å². The zero-order valence-electron chi connectivity index (χ0n) is 16.0. The van der Waals surface area contributed by atoms with Crippen molar-refractivity contribution in [1.82, 2.24) is 9.55 Å².